The molecule has 1 aromatic rings. The van der Waals surface area contributed by atoms with Crippen molar-refractivity contribution in [2.75, 3.05) is 6.61 Å². The number of carbonyl (C=O) groups is 1. The van der Waals surface area contributed by atoms with E-state index >= 15 is 0 Å². The maximum Gasteiger partial charge on any atom is 0.261 e. The lowest BCUT2D eigenvalue weighted by Gasteiger charge is -2.16. The zero-order valence-corrected chi connectivity index (χ0v) is 10.9. The highest BCUT2D eigenvalue weighted by Gasteiger charge is 2.31. The molecular formula is C15H16FNO3. The molecule has 2 aliphatic rings. The predicted octanol–water partition coefficient (Wildman–Crippen LogP) is 1.18. The quantitative estimate of drug-likeness (QED) is 0.816. The largest absolute Gasteiger partial charge is 0.480 e. The first-order valence-corrected chi connectivity index (χ1v) is 6.70. The Morgan fingerprint density at radius 2 is 2.30 bits per heavy atom. The van der Waals surface area contributed by atoms with Gasteiger partial charge in [0.05, 0.1) is 0 Å². The van der Waals surface area contributed by atoms with Crippen molar-refractivity contribution < 1.29 is 19.0 Å². The van der Waals surface area contributed by atoms with Gasteiger partial charge in [0.1, 0.15) is 11.6 Å². The fraction of sp³-hybridized carbons (Fsp3) is 0.400. The lowest BCUT2D eigenvalue weighted by Crippen LogP contribution is -2.42. The molecule has 0 spiro atoms. The first-order chi connectivity index (χ1) is 9.65. The third kappa shape index (κ3) is 2.54. The fourth-order valence-electron chi connectivity index (χ4n) is 2.66. The van der Waals surface area contributed by atoms with E-state index < -0.39 is 6.10 Å². The fourth-order valence-corrected chi connectivity index (χ4v) is 2.66. The third-order valence-corrected chi connectivity index (χ3v) is 3.72. The molecule has 0 radical (unpaired) electrons. The molecule has 1 aliphatic heterocycles. The van der Waals surface area contributed by atoms with Gasteiger partial charge >= 0.3 is 0 Å². The van der Waals surface area contributed by atoms with Gasteiger partial charge in [-0.3, -0.25) is 4.79 Å². The Hall–Kier alpha value is -1.88. The predicted molar refractivity (Wildman–Crippen MR) is 70.8 cm³/mol. The van der Waals surface area contributed by atoms with Gasteiger partial charge in [0.2, 0.25) is 0 Å². The molecule has 0 saturated carbocycles. The van der Waals surface area contributed by atoms with Crippen LogP contribution in [-0.4, -0.2) is 29.8 Å². The first kappa shape index (κ1) is 13.1. The van der Waals surface area contributed by atoms with Gasteiger partial charge < -0.3 is 15.2 Å². The van der Waals surface area contributed by atoms with Crippen molar-refractivity contribution in [2.24, 2.45) is 5.92 Å². The molecule has 20 heavy (non-hydrogen) atoms. The van der Waals surface area contributed by atoms with Crippen LogP contribution < -0.4 is 10.1 Å². The smallest absolute Gasteiger partial charge is 0.261 e. The Morgan fingerprint density at radius 3 is 3.05 bits per heavy atom. The average Bonchev–Trinajstić information content (AvgIpc) is 3.04. The van der Waals surface area contributed by atoms with E-state index in [0.29, 0.717) is 18.6 Å². The van der Waals surface area contributed by atoms with E-state index in [1.165, 1.54) is 12.1 Å². The zero-order chi connectivity index (χ0) is 14.1. The van der Waals surface area contributed by atoms with E-state index in [0.717, 1.165) is 5.56 Å². The normalized spacial score (nSPS) is 27.2. The van der Waals surface area contributed by atoms with Gasteiger partial charge in [0.15, 0.2) is 6.10 Å². The number of aliphatic hydroxyl groups is 1. The van der Waals surface area contributed by atoms with Gasteiger partial charge in [-0.05, 0) is 24.6 Å². The van der Waals surface area contributed by atoms with Crippen LogP contribution in [0.25, 0.3) is 0 Å². The van der Waals surface area contributed by atoms with Crippen molar-refractivity contribution in [3.63, 3.8) is 0 Å². The Balaban J connectivity index is 1.59. The molecule has 1 amide bonds. The van der Waals surface area contributed by atoms with Gasteiger partial charge in [0, 0.05) is 30.6 Å². The van der Waals surface area contributed by atoms with Gasteiger partial charge in [-0.2, -0.15) is 0 Å². The standard InChI is InChI=1S/C15H16FNO3/c16-11-2-4-13-10(6-11)7-14(20-13)15(19)17-12-3-1-9(5-12)8-18/h1-4,6,9,12,14,18H,5,7-8H2,(H,17,19)/t9-,12+,14?/m0/s1. The summed E-state index contributed by atoms with van der Waals surface area (Å²) in [6.07, 6.45) is 4.29. The number of fused-ring (bicyclic) bond motifs is 1. The highest BCUT2D eigenvalue weighted by molar-refractivity contribution is 5.83. The molecule has 3 atom stereocenters. The number of nitrogens with one attached hydrogen (secondary N) is 1. The van der Waals surface area contributed by atoms with Gasteiger partial charge in [-0.25, -0.2) is 4.39 Å². The van der Waals surface area contributed by atoms with Crippen molar-refractivity contribution in [3.05, 3.63) is 41.7 Å². The van der Waals surface area contributed by atoms with Crippen LogP contribution in [0.4, 0.5) is 4.39 Å². The second-order valence-electron chi connectivity index (χ2n) is 5.24. The van der Waals surface area contributed by atoms with Crippen LogP contribution in [0.5, 0.6) is 5.75 Å². The van der Waals surface area contributed by atoms with Crippen molar-refractivity contribution in [1.29, 1.82) is 0 Å². The number of benzene rings is 1. The molecule has 1 heterocycles. The minimum absolute atomic E-state index is 0.0660. The molecule has 5 heteroatoms. The Morgan fingerprint density at radius 1 is 1.45 bits per heavy atom. The number of halogens is 1. The molecule has 3 rings (SSSR count). The second-order valence-corrected chi connectivity index (χ2v) is 5.24. The number of hydrogen-bond acceptors (Lipinski definition) is 3. The minimum Gasteiger partial charge on any atom is -0.480 e. The molecule has 2 N–H and O–H groups in total. The van der Waals surface area contributed by atoms with E-state index in [2.05, 4.69) is 5.32 Å². The molecule has 0 aromatic heterocycles. The van der Waals surface area contributed by atoms with Crippen LogP contribution >= 0.6 is 0 Å². The Labute approximate surface area is 116 Å². The Bertz CT molecular complexity index is 558. The van der Waals surface area contributed by atoms with Crippen molar-refractivity contribution in [1.82, 2.24) is 5.32 Å². The maximum atomic E-state index is 13.1. The number of hydrogen-bond donors (Lipinski definition) is 2. The average molecular weight is 277 g/mol. The van der Waals surface area contributed by atoms with Gasteiger partial charge in [-0.15, -0.1) is 0 Å². The van der Waals surface area contributed by atoms with E-state index in [1.807, 2.05) is 12.2 Å². The molecule has 1 unspecified atom stereocenters. The molecule has 0 bridgehead atoms. The van der Waals surface area contributed by atoms with Crippen LogP contribution in [-0.2, 0) is 11.2 Å². The SMILES string of the molecule is O=C(N[C@@H]1C=C[C@H](CO)C1)C1Cc2cc(F)ccc2O1. The molecule has 1 aliphatic carbocycles. The van der Waals surface area contributed by atoms with Crippen LogP contribution in [0.3, 0.4) is 0 Å². The molecule has 0 fully saturated rings. The van der Waals surface area contributed by atoms with E-state index in [4.69, 9.17) is 9.84 Å². The van der Waals surface area contributed by atoms with Crippen molar-refractivity contribution >= 4 is 5.91 Å². The molecule has 106 valence electrons. The van der Waals surface area contributed by atoms with Crippen LogP contribution in [0.1, 0.15) is 12.0 Å². The molecule has 1 aromatic carbocycles. The van der Waals surface area contributed by atoms with Crippen LogP contribution in [0, 0.1) is 11.7 Å². The summed E-state index contributed by atoms with van der Waals surface area (Å²) in [5.74, 6) is 0.158. The lowest BCUT2D eigenvalue weighted by atomic mass is 10.1. The number of rotatable bonds is 3. The van der Waals surface area contributed by atoms with E-state index in [9.17, 15) is 9.18 Å². The van der Waals surface area contributed by atoms with E-state index in [1.54, 1.807) is 6.07 Å². The number of ether oxygens (including phenoxy) is 1. The highest BCUT2D eigenvalue weighted by atomic mass is 19.1. The minimum atomic E-state index is -0.603. The summed E-state index contributed by atoms with van der Waals surface area (Å²) in [4.78, 5) is 12.1. The van der Waals surface area contributed by atoms with E-state index in [-0.39, 0.29) is 30.3 Å². The summed E-state index contributed by atoms with van der Waals surface area (Å²) < 4.78 is 18.6. The monoisotopic (exact) mass is 277 g/mol. The van der Waals surface area contributed by atoms with Gasteiger partial charge in [-0.1, -0.05) is 12.2 Å². The maximum absolute atomic E-state index is 13.1. The van der Waals surface area contributed by atoms with Crippen LogP contribution in [0.15, 0.2) is 30.4 Å². The molecule has 0 saturated heterocycles. The number of aliphatic hydroxyl groups excluding tert-OH is 1. The van der Waals surface area contributed by atoms with Crippen LogP contribution in [0.2, 0.25) is 0 Å². The summed E-state index contributed by atoms with van der Waals surface area (Å²) in [5, 5.41) is 11.9. The van der Waals surface area contributed by atoms with Crippen molar-refractivity contribution in [2.45, 2.75) is 25.0 Å². The van der Waals surface area contributed by atoms with Crippen molar-refractivity contribution in [3.8, 4) is 5.75 Å². The summed E-state index contributed by atoms with van der Waals surface area (Å²) in [6, 6.07) is 4.21. The number of amides is 1. The second kappa shape index (κ2) is 5.25. The summed E-state index contributed by atoms with van der Waals surface area (Å²) in [7, 11) is 0. The highest BCUT2D eigenvalue weighted by Crippen LogP contribution is 2.29. The number of carbonyl (C=O) groups excluding carboxylic acids is 1. The first-order valence-electron chi connectivity index (χ1n) is 6.70. The molecule has 4 nitrogen and oxygen atoms in total. The summed E-state index contributed by atoms with van der Waals surface area (Å²) in [6.45, 7) is 0.0908. The Kier molecular flexibility index (Phi) is 3.44. The third-order valence-electron chi connectivity index (χ3n) is 3.72. The zero-order valence-electron chi connectivity index (χ0n) is 10.9. The van der Waals surface area contributed by atoms with Gasteiger partial charge in [0.25, 0.3) is 5.91 Å². The lowest BCUT2D eigenvalue weighted by molar-refractivity contribution is -0.127. The molecular weight excluding hydrogens is 261 g/mol. The summed E-state index contributed by atoms with van der Waals surface area (Å²) >= 11 is 0. The topological polar surface area (TPSA) is 58.6 Å². The summed E-state index contributed by atoms with van der Waals surface area (Å²) in [5.41, 5.74) is 0.723.